The lowest BCUT2D eigenvalue weighted by molar-refractivity contribution is -0.113. The summed E-state index contributed by atoms with van der Waals surface area (Å²) in [5.41, 5.74) is 1.01. The Bertz CT molecular complexity index is 1060. The van der Waals surface area contributed by atoms with Crippen LogP contribution in [0.3, 0.4) is 0 Å². The monoisotopic (exact) mass is 408 g/mol. The summed E-state index contributed by atoms with van der Waals surface area (Å²) in [6, 6.07) is 11.9. The molecule has 0 unspecified atom stereocenters. The Balaban J connectivity index is 1.64. The van der Waals surface area contributed by atoms with Gasteiger partial charge in [0, 0.05) is 16.3 Å². The Kier molecular flexibility index (Phi) is 5.57. The standard InChI is InChI=1S/C18H14ClFN2O4S/c19-13-6-4-12(5-7-13)18-22-16(9-26-18)10-27(24,25)11-17(23)21-15-3-1-2-14(20)8-15/h1-9H,10-11H2,(H,21,23). The minimum absolute atomic E-state index is 0.179. The van der Waals surface area contributed by atoms with E-state index in [0.717, 1.165) is 6.07 Å². The molecule has 140 valence electrons. The zero-order valence-corrected chi connectivity index (χ0v) is 15.4. The number of hydrogen-bond acceptors (Lipinski definition) is 5. The van der Waals surface area contributed by atoms with E-state index in [-0.39, 0.29) is 17.3 Å². The summed E-state index contributed by atoms with van der Waals surface area (Å²) in [5, 5.41) is 2.90. The predicted octanol–water partition coefficient (Wildman–Crippen LogP) is 3.69. The van der Waals surface area contributed by atoms with E-state index in [2.05, 4.69) is 10.3 Å². The van der Waals surface area contributed by atoms with Gasteiger partial charge in [-0.3, -0.25) is 4.79 Å². The highest BCUT2D eigenvalue weighted by Crippen LogP contribution is 2.21. The molecule has 0 atom stereocenters. The maximum Gasteiger partial charge on any atom is 0.239 e. The Morgan fingerprint density at radius 2 is 1.93 bits per heavy atom. The molecule has 6 nitrogen and oxygen atoms in total. The van der Waals surface area contributed by atoms with Crippen LogP contribution in [0.5, 0.6) is 0 Å². The molecule has 0 aliphatic heterocycles. The maximum atomic E-state index is 13.1. The first-order valence-corrected chi connectivity index (χ1v) is 9.97. The van der Waals surface area contributed by atoms with Crippen molar-refractivity contribution < 1.29 is 22.0 Å². The second-order valence-corrected chi connectivity index (χ2v) is 8.24. The molecule has 1 aromatic heterocycles. The topological polar surface area (TPSA) is 89.3 Å². The highest BCUT2D eigenvalue weighted by molar-refractivity contribution is 7.91. The SMILES string of the molecule is O=C(CS(=O)(=O)Cc1coc(-c2ccc(Cl)cc2)n1)Nc1cccc(F)c1. The third-order valence-electron chi connectivity index (χ3n) is 3.47. The van der Waals surface area contributed by atoms with Crippen LogP contribution in [0.4, 0.5) is 10.1 Å². The lowest BCUT2D eigenvalue weighted by Gasteiger charge is -2.05. The van der Waals surface area contributed by atoms with Crippen LogP contribution in [-0.4, -0.2) is 25.1 Å². The average molecular weight is 409 g/mol. The highest BCUT2D eigenvalue weighted by atomic mass is 35.5. The molecule has 0 saturated carbocycles. The van der Waals surface area contributed by atoms with Crippen molar-refractivity contribution in [1.82, 2.24) is 4.98 Å². The van der Waals surface area contributed by atoms with Crippen molar-refractivity contribution in [2.45, 2.75) is 5.75 Å². The third kappa shape index (κ3) is 5.38. The molecule has 1 heterocycles. The molecule has 0 bridgehead atoms. The van der Waals surface area contributed by atoms with Gasteiger partial charge in [-0.15, -0.1) is 0 Å². The molecule has 3 aromatic rings. The number of nitrogens with zero attached hydrogens (tertiary/aromatic N) is 1. The number of benzene rings is 2. The molecule has 0 radical (unpaired) electrons. The summed E-state index contributed by atoms with van der Waals surface area (Å²) in [6.07, 6.45) is 1.23. The summed E-state index contributed by atoms with van der Waals surface area (Å²) >= 11 is 5.82. The Hall–Kier alpha value is -2.71. The number of carbonyl (C=O) groups excluding carboxylic acids is 1. The molecule has 9 heteroatoms. The van der Waals surface area contributed by atoms with Crippen LogP contribution in [0.1, 0.15) is 5.69 Å². The van der Waals surface area contributed by atoms with E-state index in [1.165, 1.54) is 24.5 Å². The molecule has 0 spiro atoms. The van der Waals surface area contributed by atoms with Crippen molar-refractivity contribution in [3.05, 3.63) is 71.3 Å². The molecule has 0 aliphatic rings. The van der Waals surface area contributed by atoms with Gasteiger partial charge in [0.15, 0.2) is 9.84 Å². The number of halogens is 2. The van der Waals surface area contributed by atoms with E-state index in [1.54, 1.807) is 24.3 Å². The van der Waals surface area contributed by atoms with Gasteiger partial charge in [0.25, 0.3) is 0 Å². The van der Waals surface area contributed by atoms with Crippen molar-refractivity contribution in [3.63, 3.8) is 0 Å². The van der Waals surface area contributed by atoms with Crippen LogP contribution in [0.15, 0.2) is 59.2 Å². The van der Waals surface area contributed by atoms with Gasteiger partial charge in [0.05, 0.1) is 11.4 Å². The number of oxazole rings is 1. The zero-order valence-electron chi connectivity index (χ0n) is 13.9. The Morgan fingerprint density at radius 3 is 2.63 bits per heavy atom. The van der Waals surface area contributed by atoms with E-state index in [9.17, 15) is 17.6 Å². The van der Waals surface area contributed by atoms with Crippen molar-refractivity contribution in [1.29, 1.82) is 0 Å². The van der Waals surface area contributed by atoms with Crippen LogP contribution in [-0.2, 0) is 20.4 Å². The van der Waals surface area contributed by atoms with Gasteiger partial charge >= 0.3 is 0 Å². The fraction of sp³-hybridized carbons (Fsp3) is 0.111. The molecule has 27 heavy (non-hydrogen) atoms. The molecule has 0 fully saturated rings. The number of amides is 1. The normalized spacial score (nSPS) is 11.3. The van der Waals surface area contributed by atoms with Crippen LogP contribution >= 0.6 is 11.6 Å². The first kappa shape index (κ1) is 19.1. The van der Waals surface area contributed by atoms with Crippen LogP contribution < -0.4 is 5.32 Å². The fourth-order valence-corrected chi connectivity index (χ4v) is 3.62. The fourth-order valence-electron chi connectivity index (χ4n) is 2.34. The number of anilines is 1. The molecular weight excluding hydrogens is 395 g/mol. The van der Waals surface area contributed by atoms with Gasteiger partial charge < -0.3 is 9.73 Å². The second-order valence-electron chi connectivity index (χ2n) is 5.74. The summed E-state index contributed by atoms with van der Waals surface area (Å²) in [6.45, 7) is 0. The summed E-state index contributed by atoms with van der Waals surface area (Å²) < 4.78 is 42.8. The molecule has 1 N–H and O–H groups in total. The molecule has 0 aliphatic carbocycles. The number of aromatic nitrogens is 1. The molecular formula is C18H14ClFN2O4S. The molecule has 2 aromatic carbocycles. The van der Waals surface area contributed by atoms with Gasteiger partial charge in [-0.25, -0.2) is 17.8 Å². The summed E-state index contributed by atoms with van der Waals surface area (Å²) in [7, 11) is -3.79. The smallest absolute Gasteiger partial charge is 0.239 e. The second kappa shape index (κ2) is 7.89. The zero-order chi connectivity index (χ0) is 19.4. The predicted molar refractivity (Wildman–Crippen MR) is 99.5 cm³/mol. The van der Waals surface area contributed by atoms with E-state index >= 15 is 0 Å². The third-order valence-corrected chi connectivity index (χ3v) is 5.16. The van der Waals surface area contributed by atoms with Gasteiger partial charge in [-0.2, -0.15) is 0 Å². The molecule has 0 saturated heterocycles. The van der Waals surface area contributed by atoms with Crippen molar-refractivity contribution in [2.75, 3.05) is 11.1 Å². The lowest BCUT2D eigenvalue weighted by atomic mass is 10.2. The summed E-state index contributed by atoms with van der Waals surface area (Å²) in [5.74, 6) is -2.26. The maximum absolute atomic E-state index is 13.1. The van der Waals surface area contributed by atoms with Crippen LogP contribution in [0.25, 0.3) is 11.5 Å². The minimum atomic E-state index is -3.79. The van der Waals surface area contributed by atoms with Crippen LogP contribution in [0.2, 0.25) is 5.02 Å². The quantitative estimate of drug-likeness (QED) is 0.671. The van der Waals surface area contributed by atoms with E-state index < -0.39 is 33.1 Å². The number of rotatable bonds is 6. The van der Waals surface area contributed by atoms with E-state index in [1.807, 2.05) is 0 Å². The van der Waals surface area contributed by atoms with Crippen LogP contribution in [0, 0.1) is 5.82 Å². The van der Waals surface area contributed by atoms with Crippen molar-refractivity contribution >= 4 is 33.0 Å². The van der Waals surface area contributed by atoms with Gasteiger partial charge in [0.1, 0.15) is 17.8 Å². The Morgan fingerprint density at radius 1 is 1.19 bits per heavy atom. The number of sulfone groups is 1. The van der Waals surface area contributed by atoms with Crippen molar-refractivity contribution in [3.8, 4) is 11.5 Å². The van der Waals surface area contributed by atoms with Gasteiger partial charge in [-0.05, 0) is 42.5 Å². The number of nitrogens with one attached hydrogen (secondary N) is 1. The summed E-state index contributed by atoms with van der Waals surface area (Å²) in [4.78, 5) is 16.0. The molecule has 1 amide bonds. The largest absolute Gasteiger partial charge is 0.444 e. The number of carbonyl (C=O) groups is 1. The molecule has 3 rings (SSSR count). The van der Waals surface area contributed by atoms with E-state index in [0.29, 0.717) is 10.6 Å². The lowest BCUT2D eigenvalue weighted by Crippen LogP contribution is -2.24. The van der Waals surface area contributed by atoms with E-state index in [4.69, 9.17) is 16.0 Å². The average Bonchev–Trinajstić information content (AvgIpc) is 3.02. The van der Waals surface area contributed by atoms with Gasteiger partial charge in [-0.1, -0.05) is 17.7 Å². The first-order chi connectivity index (χ1) is 12.8. The van der Waals surface area contributed by atoms with Gasteiger partial charge in [0.2, 0.25) is 11.8 Å². The van der Waals surface area contributed by atoms with Crippen molar-refractivity contribution in [2.24, 2.45) is 0 Å². The first-order valence-electron chi connectivity index (χ1n) is 7.77. The highest BCUT2D eigenvalue weighted by Gasteiger charge is 2.20. The Labute approximate surface area is 159 Å². The number of hydrogen-bond donors (Lipinski definition) is 1. The minimum Gasteiger partial charge on any atom is -0.444 e.